The number of esters is 4. The number of phosphoric ester groups is 2. The summed E-state index contributed by atoms with van der Waals surface area (Å²) in [6.45, 7) is 4.89. The highest BCUT2D eigenvalue weighted by atomic mass is 31.2. The Morgan fingerprint density at radius 3 is 0.702 bits per heavy atom. The van der Waals surface area contributed by atoms with Gasteiger partial charge >= 0.3 is 39.5 Å². The summed E-state index contributed by atoms with van der Waals surface area (Å²) < 4.78 is 68.0. The first kappa shape index (κ1) is 82.1. The number of hydrogen-bond acceptors (Lipinski definition) is 15. The van der Waals surface area contributed by atoms with E-state index in [1.165, 1.54) is 167 Å². The Kier molecular flexibility index (Phi) is 58.6. The van der Waals surface area contributed by atoms with Crippen LogP contribution in [0.15, 0.2) is 0 Å². The molecule has 0 spiro atoms. The van der Waals surface area contributed by atoms with Crippen LogP contribution in [-0.4, -0.2) is 96.7 Å². The van der Waals surface area contributed by atoms with Crippen molar-refractivity contribution < 1.29 is 80.2 Å². The monoisotopic (exact) mass is 1240 g/mol. The van der Waals surface area contributed by atoms with Crippen molar-refractivity contribution in [1.82, 2.24) is 0 Å². The van der Waals surface area contributed by atoms with Crippen LogP contribution < -0.4 is 0 Å². The first-order valence-electron chi connectivity index (χ1n) is 34.3. The van der Waals surface area contributed by atoms with E-state index in [0.29, 0.717) is 25.7 Å². The van der Waals surface area contributed by atoms with Crippen molar-refractivity contribution in [3.05, 3.63) is 0 Å². The van der Waals surface area contributed by atoms with Gasteiger partial charge in [0.05, 0.1) is 26.4 Å². The molecule has 0 aromatic rings. The molecule has 0 aromatic carbocycles. The van der Waals surface area contributed by atoms with Crippen molar-refractivity contribution in [2.24, 2.45) is 0 Å². The molecule has 0 amide bonds. The molecule has 0 saturated carbocycles. The minimum Gasteiger partial charge on any atom is -0.462 e. The number of phosphoric acid groups is 2. The number of ether oxygens (including phenoxy) is 4. The maximum absolute atomic E-state index is 13.0. The van der Waals surface area contributed by atoms with E-state index in [1.807, 2.05) is 0 Å². The first-order valence-corrected chi connectivity index (χ1v) is 37.3. The van der Waals surface area contributed by atoms with Gasteiger partial charge in [-0.15, -0.1) is 0 Å². The third kappa shape index (κ3) is 59.0. The van der Waals surface area contributed by atoms with E-state index in [1.54, 1.807) is 0 Å². The van der Waals surface area contributed by atoms with Crippen LogP contribution in [0.3, 0.4) is 0 Å². The lowest BCUT2D eigenvalue weighted by Crippen LogP contribution is -2.30. The van der Waals surface area contributed by atoms with Crippen LogP contribution >= 0.6 is 15.6 Å². The number of aliphatic hydroxyl groups excluding tert-OH is 1. The normalized spacial score (nSPS) is 14.1. The molecule has 19 heteroatoms. The molecule has 0 bridgehead atoms. The Morgan fingerprint density at radius 1 is 0.286 bits per heavy atom. The molecule has 0 fully saturated rings. The van der Waals surface area contributed by atoms with Gasteiger partial charge in [0.2, 0.25) is 0 Å². The van der Waals surface area contributed by atoms with Crippen molar-refractivity contribution in [3.63, 3.8) is 0 Å². The number of rotatable bonds is 66. The molecule has 0 radical (unpaired) electrons. The third-order valence-electron chi connectivity index (χ3n) is 15.1. The fourth-order valence-electron chi connectivity index (χ4n) is 9.81. The number of carbonyl (C=O) groups excluding carboxylic acids is 4. The van der Waals surface area contributed by atoms with Crippen molar-refractivity contribution in [1.29, 1.82) is 0 Å². The molecule has 2 unspecified atom stereocenters. The van der Waals surface area contributed by atoms with Crippen LogP contribution in [0, 0.1) is 0 Å². The zero-order valence-electron chi connectivity index (χ0n) is 53.9. The summed E-state index contributed by atoms with van der Waals surface area (Å²) in [5.41, 5.74) is 0. The molecule has 5 atom stereocenters. The van der Waals surface area contributed by atoms with Crippen molar-refractivity contribution in [2.75, 3.05) is 39.6 Å². The van der Waals surface area contributed by atoms with E-state index in [2.05, 4.69) is 27.7 Å². The smallest absolute Gasteiger partial charge is 0.462 e. The predicted octanol–water partition coefficient (Wildman–Crippen LogP) is 18.3. The average molecular weight is 1240 g/mol. The highest BCUT2D eigenvalue weighted by molar-refractivity contribution is 7.47. The third-order valence-corrected chi connectivity index (χ3v) is 17.0. The molecule has 17 nitrogen and oxygen atoms in total. The second-order valence-electron chi connectivity index (χ2n) is 23.5. The van der Waals surface area contributed by atoms with Gasteiger partial charge < -0.3 is 33.8 Å². The number of carbonyl (C=O) groups is 4. The number of aliphatic hydroxyl groups is 1. The molecule has 0 heterocycles. The van der Waals surface area contributed by atoms with Crippen LogP contribution in [0.25, 0.3) is 0 Å². The van der Waals surface area contributed by atoms with Gasteiger partial charge in [-0.2, -0.15) is 0 Å². The Morgan fingerprint density at radius 2 is 0.476 bits per heavy atom. The zero-order valence-corrected chi connectivity index (χ0v) is 55.7. The zero-order chi connectivity index (χ0) is 61.9. The van der Waals surface area contributed by atoms with E-state index in [9.17, 15) is 43.2 Å². The first-order chi connectivity index (χ1) is 40.7. The lowest BCUT2D eigenvalue weighted by molar-refractivity contribution is -0.161. The minimum absolute atomic E-state index is 0.107. The minimum atomic E-state index is -4.94. The van der Waals surface area contributed by atoms with Gasteiger partial charge in [0.1, 0.15) is 19.3 Å². The highest BCUT2D eigenvalue weighted by Gasteiger charge is 2.30. The van der Waals surface area contributed by atoms with Crippen molar-refractivity contribution in [3.8, 4) is 0 Å². The van der Waals surface area contributed by atoms with Crippen LogP contribution in [0.4, 0.5) is 0 Å². The highest BCUT2D eigenvalue weighted by Crippen LogP contribution is 2.45. The fraction of sp³-hybridized carbons (Fsp3) is 0.938. The second kappa shape index (κ2) is 60.0. The van der Waals surface area contributed by atoms with E-state index in [4.69, 9.17) is 37.0 Å². The molecule has 0 rings (SSSR count). The van der Waals surface area contributed by atoms with Gasteiger partial charge in [0, 0.05) is 25.7 Å². The quantitative estimate of drug-likeness (QED) is 0.0222. The SMILES string of the molecule is CCCCCCCCCCCCCCCC(=O)O[C@H](COC(=O)CCCCCCCCCCCCCC)COP(=O)(O)OC[C@@H](O)COP(=O)(O)OC[C@@H](COC(=O)CCCCCCCCCCC)OC(=O)CCCCCCCCCCCC. The molecule has 0 saturated heterocycles. The topological polar surface area (TPSA) is 237 Å². The van der Waals surface area contributed by atoms with E-state index in [-0.39, 0.29) is 25.7 Å². The summed E-state index contributed by atoms with van der Waals surface area (Å²) in [5.74, 6) is -2.13. The van der Waals surface area contributed by atoms with Gasteiger partial charge in [0.15, 0.2) is 12.2 Å². The van der Waals surface area contributed by atoms with E-state index < -0.39 is 97.5 Å². The molecule has 0 aromatic heterocycles. The Hall–Kier alpha value is -1.94. The number of hydrogen-bond donors (Lipinski definition) is 3. The van der Waals surface area contributed by atoms with Gasteiger partial charge in [0.25, 0.3) is 0 Å². The summed E-state index contributed by atoms with van der Waals surface area (Å²) in [6.07, 6.45) is 45.6. The predicted molar refractivity (Wildman–Crippen MR) is 335 cm³/mol. The molecule has 0 aliphatic rings. The second-order valence-corrected chi connectivity index (χ2v) is 26.4. The lowest BCUT2D eigenvalue weighted by atomic mass is 10.0. The molecule has 498 valence electrons. The maximum Gasteiger partial charge on any atom is 0.472 e. The van der Waals surface area contributed by atoms with Crippen LogP contribution in [-0.2, 0) is 65.4 Å². The summed E-state index contributed by atoms with van der Waals surface area (Å²) in [7, 11) is -9.88. The largest absolute Gasteiger partial charge is 0.472 e. The van der Waals surface area contributed by atoms with E-state index in [0.717, 1.165) is 89.9 Å². The van der Waals surface area contributed by atoms with Crippen LogP contribution in [0.1, 0.15) is 336 Å². The summed E-state index contributed by atoms with van der Waals surface area (Å²) in [6, 6.07) is 0. The van der Waals surface area contributed by atoms with Crippen molar-refractivity contribution in [2.45, 2.75) is 354 Å². The average Bonchev–Trinajstić information content (AvgIpc) is 3.51. The van der Waals surface area contributed by atoms with Gasteiger partial charge in [-0.05, 0) is 25.7 Å². The number of unbranched alkanes of at least 4 members (excludes halogenated alkanes) is 40. The molecule has 0 aliphatic heterocycles. The molecule has 3 N–H and O–H groups in total. The summed E-state index contributed by atoms with van der Waals surface area (Å²) in [4.78, 5) is 72.2. The lowest BCUT2D eigenvalue weighted by Gasteiger charge is -2.21. The standard InChI is InChI=1S/C65H126O17P2/c1-5-9-13-17-21-25-28-30-32-36-40-44-48-52-65(70)82-61(56-76-63(68)50-46-42-38-35-31-29-26-22-18-14-10-6-2)58-80-84(73,74)78-54-59(66)53-77-83(71,72)79-57-60(55-75-62(67)49-45-41-37-33-24-20-16-12-8-4)81-64(69)51-47-43-39-34-27-23-19-15-11-7-3/h59-61,66H,5-58H2,1-4H3,(H,71,72)(H,73,74)/t59-,60+,61+/m0/s1. The summed E-state index contributed by atoms with van der Waals surface area (Å²) in [5, 5.41) is 10.5. The Balaban J connectivity index is 5.23. The van der Waals surface area contributed by atoms with Crippen LogP contribution in [0.2, 0.25) is 0 Å². The summed E-state index contributed by atoms with van der Waals surface area (Å²) >= 11 is 0. The maximum atomic E-state index is 13.0. The van der Waals surface area contributed by atoms with Gasteiger partial charge in [-0.3, -0.25) is 37.3 Å². The van der Waals surface area contributed by atoms with Crippen LogP contribution in [0.5, 0.6) is 0 Å². The fourth-order valence-corrected chi connectivity index (χ4v) is 11.4. The molecule has 84 heavy (non-hydrogen) atoms. The van der Waals surface area contributed by atoms with Crippen molar-refractivity contribution >= 4 is 39.5 Å². The molecular formula is C65H126O17P2. The Bertz CT molecular complexity index is 1620. The molecule has 0 aliphatic carbocycles. The van der Waals surface area contributed by atoms with Gasteiger partial charge in [-0.1, -0.05) is 285 Å². The molecular weight excluding hydrogens is 1110 g/mol. The Labute approximate surface area is 511 Å². The van der Waals surface area contributed by atoms with E-state index >= 15 is 0 Å². The van der Waals surface area contributed by atoms with Gasteiger partial charge in [-0.25, -0.2) is 9.13 Å².